The van der Waals surface area contributed by atoms with Crippen LogP contribution in [0, 0.1) is 16.0 Å². The SMILES string of the molecule is CC(C)C1CCCN1C(=O)c1cc([N+](=O)[O-])ccc1Br. The molecule has 108 valence electrons. The predicted molar refractivity (Wildman–Crippen MR) is 79.7 cm³/mol. The second kappa shape index (κ2) is 5.91. The maximum atomic E-state index is 12.6. The molecule has 1 aliphatic heterocycles. The highest BCUT2D eigenvalue weighted by Gasteiger charge is 2.32. The maximum Gasteiger partial charge on any atom is 0.270 e. The Bertz CT molecular complexity index is 545. The summed E-state index contributed by atoms with van der Waals surface area (Å²) in [5.74, 6) is 0.260. The number of nitro groups is 1. The number of non-ortho nitro benzene ring substituents is 1. The van der Waals surface area contributed by atoms with Gasteiger partial charge in [0, 0.05) is 29.2 Å². The summed E-state index contributed by atoms with van der Waals surface area (Å²) in [4.78, 5) is 24.8. The van der Waals surface area contributed by atoms with Gasteiger partial charge in [0.1, 0.15) is 0 Å². The van der Waals surface area contributed by atoms with Crippen LogP contribution in [0.5, 0.6) is 0 Å². The molecule has 2 rings (SSSR count). The molecule has 0 spiro atoms. The normalized spacial score (nSPS) is 18.6. The minimum Gasteiger partial charge on any atom is -0.335 e. The summed E-state index contributed by atoms with van der Waals surface area (Å²) in [6.07, 6.45) is 1.98. The molecule has 1 aromatic carbocycles. The molecule has 1 unspecified atom stereocenters. The van der Waals surface area contributed by atoms with Crippen molar-refractivity contribution >= 4 is 27.5 Å². The number of likely N-dealkylation sites (tertiary alicyclic amines) is 1. The Labute approximate surface area is 126 Å². The van der Waals surface area contributed by atoms with Crippen LogP contribution >= 0.6 is 15.9 Å². The molecule has 0 aliphatic carbocycles. The molecule has 6 heteroatoms. The minimum atomic E-state index is -0.479. The first-order valence-corrected chi connectivity index (χ1v) is 7.46. The van der Waals surface area contributed by atoms with Crippen LogP contribution in [0.15, 0.2) is 22.7 Å². The van der Waals surface area contributed by atoms with Gasteiger partial charge in [0.05, 0.1) is 10.5 Å². The average Bonchev–Trinajstić information content (AvgIpc) is 2.87. The molecular formula is C14H17BrN2O3. The molecule has 1 atom stereocenters. The van der Waals surface area contributed by atoms with Gasteiger partial charge < -0.3 is 4.90 Å². The van der Waals surface area contributed by atoms with Gasteiger partial charge in [-0.1, -0.05) is 13.8 Å². The van der Waals surface area contributed by atoms with Crippen molar-refractivity contribution < 1.29 is 9.72 Å². The van der Waals surface area contributed by atoms with Crippen molar-refractivity contribution in [3.05, 3.63) is 38.3 Å². The molecule has 0 bridgehead atoms. The van der Waals surface area contributed by atoms with Crippen LogP contribution in [0.3, 0.4) is 0 Å². The van der Waals surface area contributed by atoms with Crippen LogP contribution < -0.4 is 0 Å². The smallest absolute Gasteiger partial charge is 0.270 e. The largest absolute Gasteiger partial charge is 0.335 e. The predicted octanol–water partition coefficient (Wildman–Crippen LogP) is 3.62. The van der Waals surface area contributed by atoms with E-state index in [-0.39, 0.29) is 17.6 Å². The third kappa shape index (κ3) is 2.85. The number of carbonyl (C=O) groups is 1. The van der Waals surface area contributed by atoms with Crippen LogP contribution in [0.2, 0.25) is 0 Å². The topological polar surface area (TPSA) is 63.5 Å². The Morgan fingerprint density at radius 1 is 1.50 bits per heavy atom. The van der Waals surface area contributed by atoms with E-state index in [4.69, 9.17) is 0 Å². The molecule has 20 heavy (non-hydrogen) atoms. The third-order valence-electron chi connectivity index (χ3n) is 3.72. The van der Waals surface area contributed by atoms with Crippen LogP contribution in [0.4, 0.5) is 5.69 Å². The summed E-state index contributed by atoms with van der Waals surface area (Å²) >= 11 is 3.31. The Morgan fingerprint density at radius 3 is 2.80 bits per heavy atom. The molecule has 1 saturated heterocycles. The third-order valence-corrected chi connectivity index (χ3v) is 4.41. The van der Waals surface area contributed by atoms with Gasteiger partial charge in [-0.25, -0.2) is 0 Å². The number of hydrogen-bond donors (Lipinski definition) is 0. The fourth-order valence-electron chi connectivity index (χ4n) is 2.68. The molecular weight excluding hydrogens is 324 g/mol. The van der Waals surface area contributed by atoms with Gasteiger partial charge in [0.15, 0.2) is 0 Å². The molecule has 1 aliphatic rings. The number of nitrogens with zero attached hydrogens (tertiary/aromatic N) is 2. The molecule has 0 saturated carbocycles. The van der Waals surface area contributed by atoms with Crippen molar-refractivity contribution in [1.29, 1.82) is 0 Å². The number of hydrogen-bond acceptors (Lipinski definition) is 3. The van der Waals surface area contributed by atoms with E-state index in [2.05, 4.69) is 29.8 Å². The summed E-state index contributed by atoms with van der Waals surface area (Å²) in [5, 5.41) is 10.8. The molecule has 0 aromatic heterocycles. The number of benzene rings is 1. The fraction of sp³-hybridized carbons (Fsp3) is 0.500. The Balaban J connectivity index is 2.33. The van der Waals surface area contributed by atoms with Crippen molar-refractivity contribution in [3.63, 3.8) is 0 Å². The highest BCUT2D eigenvalue weighted by atomic mass is 79.9. The van der Waals surface area contributed by atoms with Gasteiger partial charge in [0.25, 0.3) is 11.6 Å². The minimum absolute atomic E-state index is 0.0585. The molecule has 5 nitrogen and oxygen atoms in total. The van der Waals surface area contributed by atoms with Crippen LogP contribution in [-0.2, 0) is 0 Å². The number of carbonyl (C=O) groups excluding carboxylic acids is 1. The van der Waals surface area contributed by atoms with Gasteiger partial charge in [-0.3, -0.25) is 14.9 Å². The van der Waals surface area contributed by atoms with Crippen LogP contribution in [0.25, 0.3) is 0 Å². The summed E-state index contributed by atoms with van der Waals surface area (Å²) in [5.41, 5.74) is 0.309. The highest BCUT2D eigenvalue weighted by molar-refractivity contribution is 9.10. The average molecular weight is 341 g/mol. The van der Waals surface area contributed by atoms with E-state index in [0.717, 1.165) is 19.4 Å². The standard InChI is InChI=1S/C14H17BrN2O3/c1-9(2)13-4-3-7-16(13)14(18)11-8-10(17(19)20)5-6-12(11)15/h5-6,8-9,13H,3-4,7H2,1-2H3. The van der Waals surface area contributed by atoms with E-state index in [0.29, 0.717) is 16.0 Å². The van der Waals surface area contributed by atoms with Crippen LogP contribution in [-0.4, -0.2) is 28.3 Å². The van der Waals surface area contributed by atoms with E-state index in [1.807, 2.05) is 4.90 Å². The molecule has 1 amide bonds. The van der Waals surface area contributed by atoms with Crippen molar-refractivity contribution in [2.75, 3.05) is 6.54 Å². The summed E-state index contributed by atoms with van der Waals surface area (Å²) in [6, 6.07) is 4.52. The first-order chi connectivity index (χ1) is 9.41. The van der Waals surface area contributed by atoms with Crippen molar-refractivity contribution in [2.24, 2.45) is 5.92 Å². The lowest BCUT2D eigenvalue weighted by molar-refractivity contribution is -0.384. The second-order valence-corrected chi connectivity index (χ2v) is 6.23. The number of halogens is 1. The molecule has 1 aromatic rings. The van der Waals surface area contributed by atoms with E-state index >= 15 is 0 Å². The Hall–Kier alpha value is -1.43. The highest BCUT2D eigenvalue weighted by Crippen LogP contribution is 2.29. The van der Waals surface area contributed by atoms with Gasteiger partial charge in [-0.15, -0.1) is 0 Å². The van der Waals surface area contributed by atoms with Gasteiger partial charge >= 0.3 is 0 Å². The van der Waals surface area contributed by atoms with Crippen molar-refractivity contribution in [2.45, 2.75) is 32.7 Å². The number of amides is 1. The van der Waals surface area contributed by atoms with Crippen molar-refractivity contribution in [3.8, 4) is 0 Å². The van der Waals surface area contributed by atoms with Gasteiger partial charge in [-0.05, 0) is 40.8 Å². The zero-order chi connectivity index (χ0) is 14.9. The monoisotopic (exact) mass is 340 g/mol. The number of rotatable bonds is 3. The van der Waals surface area contributed by atoms with E-state index < -0.39 is 4.92 Å². The van der Waals surface area contributed by atoms with E-state index in [1.165, 1.54) is 12.1 Å². The summed E-state index contributed by atoms with van der Waals surface area (Å²) in [7, 11) is 0. The second-order valence-electron chi connectivity index (χ2n) is 5.37. The van der Waals surface area contributed by atoms with E-state index in [1.54, 1.807) is 6.07 Å². The Kier molecular flexibility index (Phi) is 4.42. The number of nitro benzene ring substituents is 1. The maximum absolute atomic E-state index is 12.6. The van der Waals surface area contributed by atoms with Crippen molar-refractivity contribution in [1.82, 2.24) is 4.90 Å². The quantitative estimate of drug-likeness (QED) is 0.623. The fourth-order valence-corrected chi connectivity index (χ4v) is 3.10. The van der Waals surface area contributed by atoms with E-state index in [9.17, 15) is 14.9 Å². The Morgan fingerprint density at radius 2 is 2.20 bits per heavy atom. The van der Waals surface area contributed by atoms with Gasteiger partial charge in [-0.2, -0.15) is 0 Å². The molecule has 0 N–H and O–H groups in total. The summed E-state index contributed by atoms with van der Waals surface area (Å²) in [6.45, 7) is 4.91. The molecule has 1 fully saturated rings. The lowest BCUT2D eigenvalue weighted by Gasteiger charge is -2.28. The first kappa shape index (κ1) is 15.0. The zero-order valence-corrected chi connectivity index (χ0v) is 13.1. The molecule has 1 heterocycles. The lowest BCUT2D eigenvalue weighted by atomic mass is 10.0. The summed E-state index contributed by atoms with van der Waals surface area (Å²) < 4.78 is 0.600. The van der Waals surface area contributed by atoms with Crippen LogP contribution in [0.1, 0.15) is 37.0 Å². The molecule has 0 radical (unpaired) electrons. The first-order valence-electron chi connectivity index (χ1n) is 6.66. The zero-order valence-electron chi connectivity index (χ0n) is 11.5. The lowest BCUT2D eigenvalue weighted by Crippen LogP contribution is -2.38. The van der Waals surface area contributed by atoms with Gasteiger partial charge in [0.2, 0.25) is 0 Å².